The third-order valence-electron chi connectivity index (χ3n) is 4.08. The van der Waals surface area contributed by atoms with Gasteiger partial charge in [0.1, 0.15) is 0 Å². The molecule has 110 valence electrons. The number of hydrogen-bond donors (Lipinski definition) is 1. The molecule has 1 aromatic rings. The van der Waals surface area contributed by atoms with Gasteiger partial charge in [0.25, 0.3) is 0 Å². The molecule has 0 aromatic heterocycles. The smallest absolute Gasteiger partial charge is 0.227 e. The summed E-state index contributed by atoms with van der Waals surface area (Å²) in [4.78, 5) is 14.6. The average Bonchev–Trinajstić information content (AvgIpc) is 2.48. The molecule has 1 aromatic carbocycles. The predicted octanol–water partition coefficient (Wildman–Crippen LogP) is 2.87. The van der Waals surface area contributed by atoms with Gasteiger partial charge in [-0.1, -0.05) is 43.6 Å². The summed E-state index contributed by atoms with van der Waals surface area (Å²) in [6.45, 7) is 5.98. The fraction of sp³-hybridized carbons (Fsp3) is 0.562. The Morgan fingerprint density at radius 2 is 2.10 bits per heavy atom. The van der Waals surface area contributed by atoms with Gasteiger partial charge in [0.15, 0.2) is 0 Å². The number of piperazine rings is 1. The van der Waals surface area contributed by atoms with Crippen molar-refractivity contribution >= 4 is 17.5 Å². The summed E-state index contributed by atoms with van der Waals surface area (Å²) in [5.74, 6) is 0.185. The number of carbonyl (C=O) groups is 1. The number of nitrogens with zero attached hydrogens (tertiary/aromatic N) is 1. The van der Waals surface area contributed by atoms with Gasteiger partial charge in [-0.05, 0) is 24.5 Å². The van der Waals surface area contributed by atoms with Gasteiger partial charge in [0.2, 0.25) is 5.91 Å². The molecular formula is C16H23ClN2O. The second kappa shape index (κ2) is 7.09. The van der Waals surface area contributed by atoms with E-state index in [1.807, 2.05) is 29.2 Å². The van der Waals surface area contributed by atoms with E-state index in [1.165, 1.54) is 0 Å². The molecule has 1 aliphatic heterocycles. The molecule has 0 saturated carbocycles. The van der Waals surface area contributed by atoms with Crippen molar-refractivity contribution in [2.24, 2.45) is 0 Å². The first kappa shape index (κ1) is 15.3. The SMILES string of the molecule is CCC1CN(C(=O)Cc2ccccc2Cl)C(CC)CN1. The van der Waals surface area contributed by atoms with Crippen LogP contribution in [0.3, 0.4) is 0 Å². The lowest BCUT2D eigenvalue weighted by atomic mass is 10.0. The minimum absolute atomic E-state index is 0.185. The Hall–Kier alpha value is -1.06. The molecule has 1 fully saturated rings. The molecule has 0 aliphatic carbocycles. The van der Waals surface area contributed by atoms with Crippen molar-refractivity contribution in [3.63, 3.8) is 0 Å². The standard InChI is InChI=1S/C16H23ClN2O/c1-3-13-11-19(14(4-2)10-18-13)16(20)9-12-7-5-6-8-15(12)17/h5-8,13-14,18H,3-4,9-11H2,1-2H3. The molecule has 1 saturated heterocycles. The second-order valence-electron chi connectivity index (χ2n) is 5.39. The number of carbonyl (C=O) groups excluding carboxylic acids is 1. The van der Waals surface area contributed by atoms with Crippen LogP contribution < -0.4 is 5.32 Å². The van der Waals surface area contributed by atoms with Gasteiger partial charge < -0.3 is 10.2 Å². The van der Waals surface area contributed by atoms with E-state index < -0.39 is 0 Å². The van der Waals surface area contributed by atoms with Crippen LogP contribution in [0.1, 0.15) is 32.3 Å². The largest absolute Gasteiger partial charge is 0.337 e. The van der Waals surface area contributed by atoms with E-state index in [0.717, 1.165) is 31.5 Å². The van der Waals surface area contributed by atoms with E-state index in [9.17, 15) is 4.79 Å². The number of benzene rings is 1. The summed E-state index contributed by atoms with van der Waals surface area (Å²) in [6.07, 6.45) is 2.43. The van der Waals surface area contributed by atoms with Gasteiger partial charge in [0.05, 0.1) is 6.42 Å². The highest BCUT2D eigenvalue weighted by atomic mass is 35.5. The zero-order valence-corrected chi connectivity index (χ0v) is 13.0. The Bertz CT molecular complexity index is 464. The van der Waals surface area contributed by atoms with Crippen molar-refractivity contribution in [2.75, 3.05) is 13.1 Å². The lowest BCUT2D eigenvalue weighted by Crippen LogP contribution is -2.58. The highest BCUT2D eigenvalue weighted by Crippen LogP contribution is 2.19. The van der Waals surface area contributed by atoms with Crippen LogP contribution in [0.4, 0.5) is 0 Å². The minimum Gasteiger partial charge on any atom is -0.337 e. The van der Waals surface area contributed by atoms with Crippen molar-refractivity contribution in [3.8, 4) is 0 Å². The maximum absolute atomic E-state index is 12.6. The van der Waals surface area contributed by atoms with Gasteiger partial charge >= 0.3 is 0 Å². The van der Waals surface area contributed by atoms with Crippen LogP contribution in [0.2, 0.25) is 5.02 Å². The van der Waals surface area contributed by atoms with Crippen LogP contribution in [0, 0.1) is 0 Å². The first-order chi connectivity index (χ1) is 9.65. The summed E-state index contributed by atoms with van der Waals surface area (Å²) in [5.41, 5.74) is 0.917. The Morgan fingerprint density at radius 3 is 2.75 bits per heavy atom. The van der Waals surface area contributed by atoms with Crippen molar-refractivity contribution in [1.82, 2.24) is 10.2 Å². The summed E-state index contributed by atoms with van der Waals surface area (Å²) in [5, 5.41) is 4.19. The maximum atomic E-state index is 12.6. The number of amides is 1. The minimum atomic E-state index is 0.185. The van der Waals surface area contributed by atoms with Crippen LogP contribution in [-0.2, 0) is 11.2 Å². The van der Waals surface area contributed by atoms with Crippen LogP contribution in [-0.4, -0.2) is 36.0 Å². The normalized spacial score (nSPS) is 22.9. The molecule has 2 rings (SSSR count). The molecule has 1 amide bonds. The Morgan fingerprint density at radius 1 is 1.35 bits per heavy atom. The van der Waals surface area contributed by atoms with Crippen molar-refractivity contribution in [1.29, 1.82) is 0 Å². The van der Waals surface area contributed by atoms with E-state index in [2.05, 4.69) is 19.2 Å². The van der Waals surface area contributed by atoms with E-state index in [4.69, 9.17) is 11.6 Å². The lowest BCUT2D eigenvalue weighted by Gasteiger charge is -2.40. The quantitative estimate of drug-likeness (QED) is 0.926. The van der Waals surface area contributed by atoms with Gasteiger partial charge in [-0.25, -0.2) is 0 Å². The zero-order valence-electron chi connectivity index (χ0n) is 12.2. The first-order valence-electron chi connectivity index (χ1n) is 7.42. The molecule has 0 spiro atoms. The maximum Gasteiger partial charge on any atom is 0.227 e. The van der Waals surface area contributed by atoms with Crippen LogP contribution in [0.5, 0.6) is 0 Å². The van der Waals surface area contributed by atoms with Crippen molar-refractivity contribution in [2.45, 2.75) is 45.2 Å². The Labute approximate surface area is 126 Å². The van der Waals surface area contributed by atoms with Crippen molar-refractivity contribution < 1.29 is 4.79 Å². The fourth-order valence-corrected chi connectivity index (χ4v) is 2.92. The zero-order chi connectivity index (χ0) is 14.5. The molecule has 3 nitrogen and oxygen atoms in total. The molecule has 1 heterocycles. The molecule has 1 aliphatic rings. The molecule has 1 N–H and O–H groups in total. The van der Waals surface area contributed by atoms with E-state index in [-0.39, 0.29) is 5.91 Å². The third kappa shape index (κ3) is 3.53. The Balaban J connectivity index is 2.07. The monoisotopic (exact) mass is 294 g/mol. The van der Waals surface area contributed by atoms with Gasteiger partial charge in [-0.2, -0.15) is 0 Å². The van der Waals surface area contributed by atoms with Gasteiger partial charge in [-0.15, -0.1) is 0 Å². The summed E-state index contributed by atoms with van der Waals surface area (Å²) >= 11 is 6.15. The molecule has 2 atom stereocenters. The summed E-state index contributed by atoms with van der Waals surface area (Å²) in [7, 11) is 0. The number of rotatable bonds is 4. The van der Waals surface area contributed by atoms with Gasteiger partial charge in [-0.3, -0.25) is 4.79 Å². The van der Waals surface area contributed by atoms with E-state index in [1.54, 1.807) is 0 Å². The molecule has 20 heavy (non-hydrogen) atoms. The molecule has 4 heteroatoms. The van der Waals surface area contributed by atoms with E-state index >= 15 is 0 Å². The molecule has 0 radical (unpaired) electrons. The van der Waals surface area contributed by atoms with Crippen LogP contribution in [0.25, 0.3) is 0 Å². The highest BCUT2D eigenvalue weighted by molar-refractivity contribution is 6.31. The molecular weight excluding hydrogens is 272 g/mol. The summed E-state index contributed by atoms with van der Waals surface area (Å²) in [6, 6.07) is 8.30. The number of hydrogen-bond acceptors (Lipinski definition) is 2. The fourth-order valence-electron chi connectivity index (χ4n) is 2.71. The van der Waals surface area contributed by atoms with Crippen molar-refractivity contribution in [3.05, 3.63) is 34.9 Å². The average molecular weight is 295 g/mol. The second-order valence-corrected chi connectivity index (χ2v) is 5.80. The van der Waals surface area contributed by atoms with E-state index in [0.29, 0.717) is 23.5 Å². The molecule has 0 bridgehead atoms. The highest BCUT2D eigenvalue weighted by Gasteiger charge is 2.29. The third-order valence-corrected chi connectivity index (χ3v) is 4.45. The summed E-state index contributed by atoms with van der Waals surface area (Å²) < 4.78 is 0. The lowest BCUT2D eigenvalue weighted by molar-refractivity contribution is -0.134. The number of nitrogens with one attached hydrogen (secondary N) is 1. The van der Waals surface area contributed by atoms with Gasteiger partial charge in [0, 0.05) is 30.2 Å². The van der Waals surface area contributed by atoms with Crippen LogP contribution in [0.15, 0.2) is 24.3 Å². The topological polar surface area (TPSA) is 32.3 Å². The number of halogens is 1. The Kier molecular flexibility index (Phi) is 5.44. The molecule has 2 unspecified atom stereocenters. The first-order valence-corrected chi connectivity index (χ1v) is 7.79. The predicted molar refractivity (Wildman–Crippen MR) is 83.0 cm³/mol. The van der Waals surface area contributed by atoms with Crippen LogP contribution >= 0.6 is 11.6 Å².